The van der Waals surface area contributed by atoms with Gasteiger partial charge in [0.25, 0.3) is 0 Å². The minimum atomic E-state index is 0.00259. The summed E-state index contributed by atoms with van der Waals surface area (Å²) in [6.07, 6.45) is 1.90. The molecule has 2 N–H and O–H groups in total. The van der Waals surface area contributed by atoms with Crippen molar-refractivity contribution in [2.75, 3.05) is 6.54 Å². The Bertz CT molecular complexity index is 540. The van der Waals surface area contributed by atoms with Crippen molar-refractivity contribution in [3.63, 3.8) is 0 Å². The second-order valence-corrected chi connectivity index (χ2v) is 3.98. The first-order chi connectivity index (χ1) is 7.67. The molecule has 3 heteroatoms. The van der Waals surface area contributed by atoms with Crippen LogP contribution in [0.4, 0.5) is 0 Å². The van der Waals surface area contributed by atoms with E-state index in [0.717, 1.165) is 28.6 Å². The smallest absolute Gasteiger partial charge is 0.178 e. The Labute approximate surface area is 94.9 Å². The first kappa shape index (κ1) is 10.9. The number of nitrogens with two attached hydrogens (primary N) is 1. The Morgan fingerprint density at radius 3 is 2.81 bits per heavy atom. The van der Waals surface area contributed by atoms with Gasteiger partial charge < -0.3 is 10.3 Å². The molecule has 2 rings (SSSR count). The molecular weight excluding hydrogens is 200 g/mol. The minimum Gasteiger partial charge on any atom is -0.347 e. The average molecular weight is 216 g/mol. The Kier molecular flexibility index (Phi) is 2.79. The molecule has 1 aromatic heterocycles. The number of fused-ring (bicyclic) bond motifs is 1. The largest absolute Gasteiger partial charge is 0.347 e. The summed E-state index contributed by atoms with van der Waals surface area (Å²) in [5.41, 5.74) is 8.43. The fraction of sp³-hybridized carbons (Fsp3) is 0.308. The number of carbonyl (C=O) groups is 1. The molecule has 16 heavy (non-hydrogen) atoms. The van der Waals surface area contributed by atoms with Crippen molar-refractivity contribution < 1.29 is 4.79 Å². The lowest BCUT2D eigenvalue weighted by Gasteiger charge is -2.00. The summed E-state index contributed by atoms with van der Waals surface area (Å²) in [5, 5.41) is 1.01. The van der Waals surface area contributed by atoms with Gasteiger partial charge in [-0.2, -0.15) is 0 Å². The van der Waals surface area contributed by atoms with Crippen molar-refractivity contribution in [3.8, 4) is 0 Å². The molecule has 0 aliphatic heterocycles. The van der Waals surface area contributed by atoms with E-state index < -0.39 is 0 Å². The van der Waals surface area contributed by atoms with Crippen LogP contribution in [0.15, 0.2) is 24.4 Å². The van der Waals surface area contributed by atoms with Gasteiger partial charge in [-0.15, -0.1) is 0 Å². The van der Waals surface area contributed by atoms with Crippen LogP contribution in [0, 0.1) is 6.92 Å². The number of benzene rings is 1. The second kappa shape index (κ2) is 4.10. The molecule has 0 atom stereocenters. The molecule has 0 bridgehead atoms. The summed E-state index contributed by atoms with van der Waals surface area (Å²) in [6, 6.07) is 6.16. The highest BCUT2D eigenvalue weighted by Crippen LogP contribution is 2.23. The van der Waals surface area contributed by atoms with Gasteiger partial charge in [-0.05, 0) is 26.0 Å². The van der Waals surface area contributed by atoms with E-state index in [1.54, 1.807) is 0 Å². The standard InChI is InChI=1S/C13H16N2O/c1-3-15-8-11(13(16)7-14)10-6-9(2)4-5-12(10)15/h4-6,8H,3,7,14H2,1-2H3. The van der Waals surface area contributed by atoms with Crippen LogP contribution in [-0.2, 0) is 6.54 Å². The van der Waals surface area contributed by atoms with Gasteiger partial charge in [-0.1, -0.05) is 11.6 Å². The van der Waals surface area contributed by atoms with Gasteiger partial charge in [0.05, 0.1) is 6.54 Å². The van der Waals surface area contributed by atoms with Crippen LogP contribution in [0.3, 0.4) is 0 Å². The van der Waals surface area contributed by atoms with E-state index in [1.165, 1.54) is 0 Å². The normalized spacial score (nSPS) is 10.9. The number of rotatable bonds is 3. The SMILES string of the molecule is CCn1cc(C(=O)CN)c2cc(C)ccc21. The van der Waals surface area contributed by atoms with E-state index in [9.17, 15) is 4.79 Å². The van der Waals surface area contributed by atoms with Gasteiger partial charge >= 0.3 is 0 Å². The molecule has 0 fully saturated rings. The maximum absolute atomic E-state index is 11.7. The number of hydrogen-bond donors (Lipinski definition) is 1. The molecule has 2 aromatic rings. The van der Waals surface area contributed by atoms with Crippen LogP contribution in [-0.4, -0.2) is 16.9 Å². The first-order valence-corrected chi connectivity index (χ1v) is 5.50. The van der Waals surface area contributed by atoms with Gasteiger partial charge in [0, 0.05) is 29.2 Å². The molecule has 0 saturated heterocycles. The lowest BCUT2D eigenvalue weighted by atomic mass is 10.1. The highest BCUT2D eigenvalue weighted by molar-refractivity contribution is 6.09. The molecule has 1 aromatic carbocycles. The number of ketones is 1. The predicted octanol–water partition coefficient (Wildman–Crippen LogP) is 2.11. The molecule has 3 nitrogen and oxygen atoms in total. The van der Waals surface area contributed by atoms with Crippen molar-refractivity contribution in [2.45, 2.75) is 20.4 Å². The van der Waals surface area contributed by atoms with E-state index in [-0.39, 0.29) is 12.3 Å². The molecule has 84 valence electrons. The van der Waals surface area contributed by atoms with Crippen LogP contribution in [0.2, 0.25) is 0 Å². The number of aromatic nitrogens is 1. The lowest BCUT2D eigenvalue weighted by Crippen LogP contribution is -2.13. The summed E-state index contributed by atoms with van der Waals surface area (Å²) in [6.45, 7) is 5.02. The molecule has 0 saturated carbocycles. The van der Waals surface area contributed by atoms with Crippen molar-refractivity contribution in [3.05, 3.63) is 35.5 Å². The Balaban J connectivity index is 2.73. The van der Waals surface area contributed by atoms with Gasteiger partial charge in [0.1, 0.15) is 0 Å². The fourth-order valence-corrected chi connectivity index (χ4v) is 2.00. The third-order valence-corrected chi connectivity index (χ3v) is 2.86. The zero-order valence-corrected chi connectivity index (χ0v) is 9.66. The topological polar surface area (TPSA) is 48.0 Å². The van der Waals surface area contributed by atoms with Crippen molar-refractivity contribution in [1.82, 2.24) is 4.57 Å². The molecule has 0 radical (unpaired) electrons. The quantitative estimate of drug-likeness (QED) is 0.799. The number of nitrogens with zero attached hydrogens (tertiary/aromatic N) is 1. The molecule has 0 spiro atoms. The number of carbonyl (C=O) groups excluding carboxylic acids is 1. The van der Waals surface area contributed by atoms with E-state index >= 15 is 0 Å². The zero-order valence-electron chi connectivity index (χ0n) is 9.66. The maximum atomic E-state index is 11.7. The van der Waals surface area contributed by atoms with Crippen molar-refractivity contribution in [1.29, 1.82) is 0 Å². The molecular formula is C13H16N2O. The van der Waals surface area contributed by atoms with E-state index in [4.69, 9.17) is 5.73 Å². The average Bonchev–Trinajstić information content (AvgIpc) is 2.66. The minimum absolute atomic E-state index is 0.00259. The molecule has 0 aliphatic carbocycles. The van der Waals surface area contributed by atoms with E-state index in [2.05, 4.69) is 23.6 Å². The number of hydrogen-bond acceptors (Lipinski definition) is 2. The van der Waals surface area contributed by atoms with E-state index in [0.29, 0.717) is 0 Å². The molecule has 0 amide bonds. The Morgan fingerprint density at radius 2 is 2.19 bits per heavy atom. The highest BCUT2D eigenvalue weighted by atomic mass is 16.1. The van der Waals surface area contributed by atoms with Gasteiger partial charge in [-0.3, -0.25) is 4.79 Å². The van der Waals surface area contributed by atoms with Crippen LogP contribution in [0.5, 0.6) is 0 Å². The first-order valence-electron chi connectivity index (χ1n) is 5.50. The maximum Gasteiger partial charge on any atom is 0.178 e. The van der Waals surface area contributed by atoms with Crippen LogP contribution in [0.1, 0.15) is 22.8 Å². The van der Waals surface area contributed by atoms with Crippen molar-refractivity contribution >= 4 is 16.7 Å². The van der Waals surface area contributed by atoms with E-state index in [1.807, 2.05) is 19.2 Å². The molecule has 0 aliphatic rings. The summed E-state index contributed by atoms with van der Waals surface area (Å²) >= 11 is 0. The Hall–Kier alpha value is -1.61. The van der Waals surface area contributed by atoms with Crippen LogP contribution in [0.25, 0.3) is 10.9 Å². The summed E-state index contributed by atoms with van der Waals surface area (Å²) < 4.78 is 2.08. The van der Waals surface area contributed by atoms with Gasteiger partial charge in [0.2, 0.25) is 0 Å². The summed E-state index contributed by atoms with van der Waals surface area (Å²) in [7, 11) is 0. The second-order valence-electron chi connectivity index (χ2n) is 3.98. The third kappa shape index (κ3) is 1.63. The fourth-order valence-electron chi connectivity index (χ4n) is 2.00. The number of Topliss-reactive ketones (excluding diaryl/α,β-unsaturated/α-hetero) is 1. The lowest BCUT2D eigenvalue weighted by molar-refractivity contribution is 0.100. The summed E-state index contributed by atoms with van der Waals surface area (Å²) in [4.78, 5) is 11.7. The highest BCUT2D eigenvalue weighted by Gasteiger charge is 2.12. The Morgan fingerprint density at radius 1 is 1.44 bits per heavy atom. The van der Waals surface area contributed by atoms with Crippen LogP contribution < -0.4 is 5.73 Å². The predicted molar refractivity (Wildman–Crippen MR) is 65.7 cm³/mol. The monoisotopic (exact) mass is 216 g/mol. The van der Waals surface area contributed by atoms with Gasteiger partial charge in [-0.25, -0.2) is 0 Å². The number of aryl methyl sites for hydroxylation is 2. The van der Waals surface area contributed by atoms with Crippen molar-refractivity contribution in [2.24, 2.45) is 5.73 Å². The molecule has 1 heterocycles. The zero-order chi connectivity index (χ0) is 11.7. The van der Waals surface area contributed by atoms with Gasteiger partial charge in [0.15, 0.2) is 5.78 Å². The molecule has 0 unspecified atom stereocenters. The van der Waals surface area contributed by atoms with Crippen LogP contribution >= 0.6 is 0 Å². The third-order valence-electron chi connectivity index (χ3n) is 2.86. The summed E-state index contributed by atoms with van der Waals surface area (Å²) in [5.74, 6) is 0.00259.